The highest BCUT2D eigenvalue weighted by Gasteiger charge is 2.12. The van der Waals surface area contributed by atoms with Gasteiger partial charge < -0.3 is 4.74 Å². The van der Waals surface area contributed by atoms with E-state index < -0.39 is 0 Å². The van der Waals surface area contributed by atoms with Crippen molar-refractivity contribution in [1.29, 1.82) is 5.26 Å². The van der Waals surface area contributed by atoms with Crippen LogP contribution in [0.1, 0.15) is 25.5 Å². The quantitative estimate of drug-likeness (QED) is 0.818. The lowest BCUT2D eigenvalue weighted by atomic mass is 10.1. The van der Waals surface area contributed by atoms with Crippen molar-refractivity contribution in [2.75, 3.05) is 7.11 Å². The second kappa shape index (κ2) is 5.38. The molecule has 3 nitrogen and oxygen atoms in total. The summed E-state index contributed by atoms with van der Waals surface area (Å²) in [5.41, 5.74) is 1.07. The number of benzene rings is 1. The predicted molar refractivity (Wildman–Crippen MR) is 59.6 cm³/mol. The Kier molecular flexibility index (Phi) is 4.14. The summed E-state index contributed by atoms with van der Waals surface area (Å²) < 4.78 is 5.26. The van der Waals surface area contributed by atoms with Crippen LogP contribution in [0.15, 0.2) is 24.3 Å². The summed E-state index contributed by atoms with van der Waals surface area (Å²) in [5.74, 6) is 0.850. The lowest BCUT2D eigenvalue weighted by Gasteiger charge is -2.18. The highest BCUT2D eigenvalue weighted by Crippen LogP contribution is 2.24. The average molecular weight is 204 g/mol. The standard InChI is InChI=1S/C12H16N2O/c1-9(8-13)14-10(2)11-6-4-5-7-12(11)15-3/h4-7,9-10,14H,1-3H3/t9?,10-/m0/s1. The zero-order valence-corrected chi connectivity index (χ0v) is 9.32. The fraction of sp³-hybridized carbons (Fsp3) is 0.417. The van der Waals surface area contributed by atoms with Gasteiger partial charge in [0.25, 0.3) is 0 Å². The zero-order chi connectivity index (χ0) is 11.3. The Balaban J connectivity index is 2.82. The minimum atomic E-state index is -0.162. The van der Waals surface area contributed by atoms with E-state index in [4.69, 9.17) is 10.00 Å². The number of hydrogen-bond donors (Lipinski definition) is 1. The minimum Gasteiger partial charge on any atom is -0.496 e. The predicted octanol–water partition coefficient (Wildman–Crippen LogP) is 2.26. The molecule has 0 radical (unpaired) electrons. The largest absolute Gasteiger partial charge is 0.496 e. The molecule has 1 rings (SSSR count). The summed E-state index contributed by atoms with van der Waals surface area (Å²) in [7, 11) is 1.65. The fourth-order valence-corrected chi connectivity index (χ4v) is 1.53. The van der Waals surface area contributed by atoms with Crippen molar-refractivity contribution in [3.05, 3.63) is 29.8 Å². The number of nitriles is 1. The molecule has 0 aliphatic heterocycles. The Morgan fingerprint density at radius 1 is 1.33 bits per heavy atom. The van der Waals surface area contributed by atoms with Gasteiger partial charge in [-0.05, 0) is 19.9 Å². The van der Waals surface area contributed by atoms with Crippen LogP contribution in [0.25, 0.3) is 0 Å². The van der Waals surface area contributed by atoms with Crippen LogP contribution in [0.5, 0.6) is 5.75 Å². The van der Waals surface area contributed by atoms with Gasteiger partial charge in [-0.25, -0.2) is 0 Å². The molecule has 0 aliphatic carbocycles. The number of hydrogen-bond acceptors (Lipinski definition) is 3. The summed E-state index contributed by atoms with van der Waals surface area (Å²) >= 11 is 0. The van der Waals surface area contributed by atoms with E-state index in [9.17, 15) is 0 Å². The molecule has 0 amide bonds. The maximum Gasteiger partial charge on any atom is 0.123 e. The van der Waals surface area contributed by atoms with Gasteiger partial charge in [0.2, 0.25) is 0 Å². The number of methoxy groups -OCH3 is 1. The maximum atomic E-state index is 8.71. The van der Waals surface area contributed by atoms with Crippen LogP contribution < -0.4 is 10.1 Å². The normalized spacial score (nSPS) is 14.0. The number of rotatable bonds is 4. The monoisotopic (exact) mass is 204 g/mol. The molecule has 0 bridgehead atoms. The zero-order valence-electron chi connectivity index (χ0n) is 9.32. The minimum absolute atomic E-state index is 0.107. The first kappa shape index (κ1) is 11.5. The topological polar surface area (TPSA) is 45.0 Å². The summed E-state index contributed by atoms with van der Waals surface area (Å²) in [6.45, 7) is 3.86. The summed E-state index contributed by atoms with van der Waals surface area (Å²) in [5, 5.41) is 11.9. The Labute approximate surface area is 90.7 Å². The molecule has 0 saturated heterocycles. The summed E-state index contributed by atoms with van der Waals surface area (Å²) in [4.78, 5) is 0. The van der Waals surface area contributed by atoms with E-state index in [-0.39, 0.29) is 12.1 Å². The number of nitrogens with zero attached hydrogens (tertiary/aromatic N) is 1. The van der Waals surface area contributed by atoms with Gasteiger partial charge in [0.05, 0.1) is 19.2 Å². The van der Waals surface area contributed by atoms with E-state index in [1.165, 1.54) is 0 Å². The van der Waals surface area contributed by atoms with Crippen molar-refractivity contribution in [1.82, 2.24) is 5.32 Å². The first-order valence-electron chi connectivity index (χ1n) is 4.97. The van der Waals surface area contributed by atoms with Gasteiger partial charge in [0, 0.05) is 11.6 Å². The Hall–Kier alpha value is -1.53. The first-order chi connectivity index (χ1) is 7.19. The van der Waals surface area contributed by atoms with Crippen LogP contribution in [0, 0.1) is 11.3 Å². The molecule has 15 heavy (non-hydrogen) atoms. The van der Waals surface area contributed by atoms with Crippen LogP contribution in [0.3, 0.4) is 0 Å². The highest BCUT2D eigenvalue weighted by molar-refractivity contribution is 5.35. The van der Waals surface area contributed by atoms with Crippen molar-refractivity contribution in [2.45, 2.75) is 25.9 Å². The molecule has 1 unspecified atom stereocenters. The number of para-hydroxylation sites is 1. The molecule has 80 valence electrons. The van der Waals surface area contributed by atoms with Gasteiger partial charge >= 0.3 is 0 Å². The SMILES string of the molecule is COc1ccccc1[C@H](C)NC(C)C#N. The van der Waals surface area contributed by atoms with Gasteiger partial charge in [0.1, 0.15) is 5.75 Å². The van der Waals surface area contributed by atoms with Crippen LogP contribution in [0.2, 0.25) is 0 Å². The molecule has 0 fully saturated rings. The highest BCUT2D eigenvalue weighted by atomic mass is 16.5. The van der Waals surface area contributed by atoms with Gasteiger partial charge in [-0.15, -0.1) is 0 Å². The fourth-order valence-electron chi connectivity index (χ4n) is 1.53. The third kappa shape index (κ3) is 2.97. The lowest BCUT2D eigenvalue weighted by molar-refractivity contribution is 0.400. The molecular weight excluding hydrogens is 188 g/mol. The second-order valence-corrected chi connectivity index (χ2v) is 3.48. The van der Waals surface area contributed by atoms with E-state index in [1.54, 1.807) is 7.11 Å². The van der Waals surface area contributed by atoms with Crippen LogP contribution >= 0.6 is 0 Å². The van der Waals surface area contributed by atoms with E-state index >= 15 is 0 Å². The van der Waals surface area contributed by atoms with E-state index in [2.05, 4.69) is 11.4 Å². The Morgan fingerprint density at radius 3 is 2.60 bits per heavy atom. The number of ether oxygens (including phenoxy) is 1. The van der Waals surface area contributed by atoms with E-state index in [0.717, 1.165) is 11.3 Å². The summed E-state index contributed by atoms with van der Waals surface area (Å²) in [6, 6.07) is 9.92. The molecule has 0 aromatic heterocycles. The Bertz CT molecular complexity index is 357. The number of nitrogens with one attached hydrogen (secondary N) is 1. The Morgan fingerprint density at radius 2 is 2.00 bits per heavy atom. The third-order valence-electron chi connectivity index (χ3n) is 2.30. The van der Waals surface area contributed by atoms with Gasteiger partial charge in [-0.1, -0.05) is 18.2 Å². The van der Waals surface area contributed by atoms with Crippen molar-refractivity contribution < 1.29 is 4.74 Å². The van der Waals surface area contributed by atoms with E-state index in [0.29, 0.717) is 0 Å². The van der Waals surface area contributed by atoms with Crippen LogP contribution in [-0.4, -0.2) is 13.2 Å². The maximum absolute atomic E-state index is 8.71. The van der Waals surface area contributed by atoms with Gasteiger partial charge in [-0.2, -0.15) is 5.26 Å². The third-order valence-corrected chi connectivity index (χ3v) is 2.30. The molecule has 0 aliphatic rings. The van der Waals surface area contributed by atoms with Gasteiger partial charge in [-0.3, -0.25) is 5.32 Å². The molecule has 0 saturated carbocycles. The molecule has 1 aromatic carbocycles. The van der Waals surface area contributed by atoms with Gasteiger partial charge in [0.15, 0.2) is 0 Å². The summed E-state index contributed by atoms with van der Waals surface area (Å²) in [6.07, 6.45) is 0. The van der Waals surface area contributed by atoms with E-state index in [1.807, 2.05) is 38.1 Å². The van der Waals surface area contributed by atoms with Crippen molar-refractivity contribution in [3.63, 3.8) is 0 Å². The molecule has 0 spiro atoms. The molecule has 0 heterocycles. The van der Waals surface area contributed by atoms with Crippen molar-refractivity contribution in [2.24, 2.45) is 0 Å². The average Bonchev–Trinajstić information content (AvgIpc) is 2.28. The smallest absolute Gasteiger partial charge is 0.123 e. The molecule has 1 aromatic rings. The molecule has 3 heteroatoms. The van der Waals surface area contributed by atoms with Crippen molar-refractivity contribution >= 4 is 0 Å². The molecule has 2 atom stereocenters. The van der Waals surface area contributed by atoms with Crippen LogP contribution in [-0.2, 0) is 0 Å². The molecular formula is C12H16N2O. The van der Waals surface area contributed by atoms with Crippen molar-refractivity contribution in [3.8, 4) is 11.8 Å². The molecule has 1 N–H and O–H groups in total. The van der Waals surface area contributed by atoms with Crippen LogP contribution in [0.4, 0.5) is 0 Å². The first-order valence-corrected chi connectivity index (χ1v) is 4.97. The second-order valence-electron chi connectivity index (χ2n) is 3.48. The lowest BCUT2D eigenvalue weighted by Crippen LogP contribution is -2.27.